The summed E-state index contributed by atoms with van der Waals surface area (Å²) in [4.78, 5) is 5.04. The number of thiophene rings is 1. The molecule has 0 amide bonds. The summed E-state index contributed by atoms with van der Waals surface area (Å²) in [6, 6.07) is 49.7. The largest absolute Gasteiger partial charge is 0.308 e. The van der Waals surface area contributed by atoms with Crippen molar-refractivity contribution in [3.05, 3.63) is 150 Å². The van der Waals surface area contributed by atoms with Crippen LogP contribution in [0.1, 0.15) is 0 Å². The zero-order valence-electron chi connectivity index (χ0n) is 23.2. The Balaban J connectivity index is 1.15. The molecule has 3 nitrogen and oxygen atoms in total. The first-order valence-electron chi connectivity index (χ1n) is 14.5. The lowest BCUT2D eigenvalue weighted by molar-refractivity contribution is 1.10. The van der Waals surface area contributed by atoms with Crippen molar-refractivity contribution >= 4 is 54.9 Å². The molecule has 0 aliphatic rings. The minimum Gasteiger partial charge on any atom is -0.308 e. The van der Waals surface area contributed by atoms with E-state index in [1.54, 1.807) is 11.3 Å². The lowest BCUT2D eigenvalue weighted by Gasteiger charge is -2.12. The molecule has 0 aliphatic carbocycles. The van der Waals surface area contributed by atoms with Gasteiger partial charge in [0.15, 0.2) is 0 Å². The second kappa shape index (κ2) is 9.55. The molecule has 0 aliphatic heterocycles. The quantitative estimate of drug-likeness (QED) is 0.207. The SMILES string of the molecule is c1ccc(-n2c(-c3ccc(-c4cccc(-n5c6cscc6c6c7ccccc7ccc65)c4)cc3)nc3ccccc32)cc1. The highest BCUT2D eigenvalue weighted by Crippen LogP contribution is 2.39. The average molecular weight is 568 g/mol. The van der Waals surface area contributed by atoms with Crippen molar-refractivity contribution in [3.63, 3.8) is 0 Å². The Morgan fingerprint density at radius 2 is 1.23 bits per heavy atom. The summed E-state index contributed by atoms with van der Waals surface area (Å²) in [6.45, 7) is 0. The topological polar surface area (TPSA) is 22.8 Å². The maximum Gasteiger partial charge on any atom is 0.145 e. The van der Waals surface area contributed by atoms with Gasteiger partial charge in [0.05, 0.1) is 22.1 Å². The van der Waals surface area contributed by atoms with Gasteiger partial charge in [0.25, 0.3) is 0 Å². The molecule has 0 N–H and O–H groups in total. The lowest BCUT2D eigenvalue weighted by Crippen LogP contribution is -1.97. The number of imidazole rings is 1. The molecule has 4 heteroatoms. The van der Waals surface area contributed by atoms with E-state index in [-0.39, 0.29) is 0 Å². The van der Waals surface area contributed by atoms with Crippen LogP contribution in [-0.4, -0.2) is 14.1 Å². The van der Waals surface area contributed by atoms with Gasteiger partial charge in [-0.1, -0.05) is 97.1 Å². The Kier molecular flexibility index (Phi) is 5.37. The molecular weight excluding hydrogens is 543 g/mol. The van der Waals surface area contributed by atoms with Gasteiger partial charge in [-0.3, -0.25) is 4.57 Å². The fraction of sp³-hybridized carbons (Fsp3) is 0. The summed E-state index contributed by atoms with van der Waals surface area (Å²) < 4.78 is 4.66. The van der Waals surface area contributed by atoms with Gasteiger partial charge in [-0.05, 0) is 64.4 Å². The molecule has 3 heterocycles. The number of rotatable bonds is 4. The van der Waals surface area contributed by atoms with E-state index in [1.807, 2.05) is 12.1 Å². The summed E-state index contributed by atoms with van der Waals surface area (Å²) in [5.41, 5.74) is 10.3. The summed E-state index contributed by atoms with van der Waals surface area (Å²) in [7, 11) is 0. The third kappa shape index (κ3) is 3.77. The van der Waals surface area contributed by atoms with Crippen LogP contribution in [0.4, 0.5) is 0 Å². The van der Waals surface area contributed by atoms with E-state index in [2.05, 4.69) is 147 Å². The zero-order chi connectivity index (χ0) is 28.3. The Bertz CT molecular complexity index is 2440. The van der Waals surface area contributed by atoms with Gasteiger partial charge < -0.3 is 4.57 Å². The molecule has 3 aromatic heterocycles. The van der Waals surface area contributed by atoms with Crippen LogP contribution in [-0.2, 0) is 0 Å². The molecule has 0 spiro atoms. The van der Waals surface area contributed by atoms with E-state index >= 15 is 0 Å². The van der Waals surface area contributed by atoms with E-state index < -0.39 is 0 Å². The Morgan fingerprint density at radius 3 is 2.14 bits per heavy atom. The van der Waals surface area contributed by atoms with Crippen molar-refractivity contribution in [2.24, 2.45) is 0 Å². The van der Waals surface area contributed by atoms with Crippen LogP contribution < -0.4 is 0 Å². The van der Waals surface area contributed by atoms with Crippen LogP contribution >= 0.6 is 11.3 Å². The highest BCUT2D eigenvalue weighted by atomic mass is 32.1. The lowest BCUT2D eigenvalue weighted by atomic mass is 10.0. The highest BCUT2D eigenvalue weighted by molar-refractivity contribution is 7.09. The molecule has 0 atom stereocenters. The van der Waals surface area contributed by atoms with Crippen LogP contribution in [0.25, 0.3) is 77.5 Å². The van der Waals surface area contributed by atoms with Crippen molar-refractivity contribution < 1.29 is 0 Å². The third-order valence-corrected chi connectivity index (χ3v) is 9.19. The van der Waals surface area contributed by atoms with Crippen LogP contribution in [0, 0.1) is 0 Å². The van der Waals surface area contributed by atoms with Gasteiger partial charge in [0.1, 0.15) is 5.82 Å². The zero-order valence-corrected chi connectivity index (χ0v) is 24.0. The van der Waals surface area contributed by atoms with Crippen molar-refractivity contribution in [1.82, 2.24) is 14.1 Å². The first-order valence-corrected chi connectivity index (χ1v) is 15.4. The van der Waals surface area contributed by atoms with Gasteiger partial charge in [0.2, 0.25) is 0 Å². The summed E-state index contributed by atoms with van der Waals surface area (Å²) >= 11 is 1.76. The van der Waals surface area contributed by atoms with Gasteiger partial charge in [-0.15, -0.1) is 11.3 Å². The molecule has 0 saturated carbocycles. The monoisotopic (exact) mass is 567 g/mol. The van der Waals surface area contributed by atoms with Crippen molar-refractivity contribution in [2.45, 2.75) is 0 Å². The maximum absolute atomic E-state index is 5.04. The number of benzene rings is 6. The summed E-state index contributed by atoms with van der Waals surface area (Å²) in [5.74, 6) is 0.943. The van der Waals surface area contributed by atoms with Crippen LogP contribution in [0.5, 0.6) is 0 Å². The van der Waals surface area contributed by atoms with Crippen LogP contribution in [0.2, 0.25) is 0 Å². The Morgan fingerprint density at radius 1 is 0.465 bits per heavy atom. The number of fused-ring (bicyclic) bond motifs is 6. The fourth-order valence-electron chi connectivity index (χ4n) is 6.48. The van der Waals surface area contributed by atoms with Crippen LogP contribution in [0.15, 0.2) is 150 Å². The first kappa shape index (κ1) is 24.2. The Labute approximate surface area is 252 Å². The minimum atomic E-state index is 0.943. The molecule has 0 saturated heterocycles. The highest BCUT2D eigenvalue weighted by Gasteiger charge is 2.17. The van der Waals surface area contributed by atoms with E-state index in [4.69, 9.17) is 4.98 Å². The molecule has 0 bridgehead atoms. The normalized spacial score (nSPS) is 11.7. The molecule has 9 rings (SSSR count). The van der Waals surface area contributed by atoms with Crippen molar-refractivity contribution in [3.8, 4) is 33.9 Å². The van der Waals surface area contributed by atoms with Crippen LogP contribution in [0.3, 0.4) is 0 Å². The van der Waals surface area contributed by atoms with Gasteiger partial charge >= 0.3 is 0 Å². The second-order valence-electron chi connectivity index (χ2n) is 10.9. The predicted octanol–water partition coefficient (Wildman–Crippen LogP) is 10.7. The molecular formula is C39H25N3S. The average Bonchev–Trinajstić information content (AvgIpc) is 3.78. The second-order valence-corrected chi connectivity index (χ2v) is 11.7. The number of para-hydroxylation sites is 3. The molecule has 9 aromatic rings. The van der Waals surface area contributed by atoms with Gasteiger partial charge in [0, 0.05) is 38.5 Å². The van der Waals surface area contributed by atoms with Gasteiger partial charge in [-0.25, -0.2) is 4.98 Å². The molecule has 6 aromatic carbocycles. The van der Waals surface area contributed by atoms with Crippen molar-refractivity contribution in [2.75, 3.05) is 0 Å². The molecule has 0 unspecified atom stereocenters. The molecule has 0 radical (unpaired) electrons. The first-order chi connectivity index (χ1) is 21.3. The molecule has 0 fully saturated rings. The van der Waals surface area contributed by atoms with Gasteiger partial charge in [-0.2, -0.15) is 0 Å². The number of hydrogen-bond acceptors (Lipinski definition) is 2. The Hall–Kier alpha value is -5.45. The smallest absolute Gasteiger partial charge is 0.145 e. The van der Waals surface area contributed by atoms with E-state index in [1.165, 1.54) is 49.4 Å². The fourth-order valence-corrected chi connectivity index (χ4v) is 7.29. The summed E-state index contributed by atoms with van der Waals surface area (Å²) in [6.07, 6.45) is 0. The minimum absolute atomic E-state index is 0.943. The van der Waals surface area contributed by atoms with E-state index in [0.29, 0.717) is 0 Å². The third-order valence-electron chi connectivity index (χ3n) is 8.46. The predicted molar refractivity (Wildman–Crippen MR) is 182 cm³/mol. The van der Waals surface area contributed by atoms with E-state index in [9.17, 15) is 0 Å². The van der Waals surface area contributed by atoms with Crippen molar-refractivity contribution in [1.29, 1.82) is 0 Å². The number of nitrogens with zero attached hydrogens (tertiary/aromatic N) is 3. The molecule has 43 heavy (non-hydrogen) atoms. The number of aromatic nitrogens is 3. The standard InChI is InChI=1S/C39H25N3S/c1-2-11-30(12-3-1)42-35-16-7-6-15-34(35)40-39(42)28-19-17-26(18-20-28)29-10-8-13-31(23-29)41-36-22-21-27-9-4-5-14-32(27)38(36)33-24-43-25-37(33)41/h1-25H. The number of hydrogen-bond donors (Lipinski definition) is 0. The molecule has 202 valence electrons. The summed E-state index contributed by atoms with van der Waals surface area (Å²) in [5, 5.41) is 9.76. The van der Waals surface area contributed by atoms with E-state index in [0.717, 1.165) is 28.1 Å². The maximum atomic E-state index is 5.04.